The number of rotatable bonds is 2. The molecule has 0 aliphatic rings. The van der Waals surface area contributed by atoms with E-state index in [-0.39, 0.29) is 5.69 Å². The van der Waals surface area contributed by atoms with Crippen molar-refractivity contribution in [1.82, 2.24) is 4.98 Å². The van der Waals surface area contributed by atoms with Crippen molar-refractivity contribution in [3.05, 3.63) is 35.5 Å². The molecule has 0 aliphatic carbocycles. The Bertz CT molecular complexity index is 524. The summed E-state index contributed by atoms with van der Waals surface area (Å²) in [4.78, 5) is 3.93. The Morgan fingerprint density at radius 3 is 2.62 bits per heavy atom. The fraction of sp³-hybridized carbons (Fsp3) is 0.250. The second-order valence-electron chi connectivity index (χ2n) is 3.67. The summed E-state index contributed by atoms with van der Waals surface area (Å²) in [6.07, 6.45) is -2.54. The fourth-order valence-corrected chi connectivity index (χ4v) is 1.68. The van der Waals surface area contributed by atoms with Gasteiger partial charge in [0, 0.05) is 18.1 Å². The van der Waals surface area contributed by atoms with Crippen LogP contribution in [0.3, 0.4) is 0 Å². The Hall–Kier alpha value is -1.71. The van der Waals surface area contributed by atoms with E-state index in [0.29, 0.717) is 11.2 Å². The van der Waals surface area contributed by atoms with Crippen LogP contribution in [0.5, 0.6) is 0 Å². The molecule has 0 spiro atoms. The van der Waals surface area contributed by atoms with Gasteiger partial charge < -0.3 is 5.32 Å². The maximum absolute atomic E-state index is 12.6. The number of hydrogen-bond donors (Lipinski definition) is 1. The van der Waals surface area contributed by atoms with Gasteiger partial charge in [0.15, 0.2) is 0 Å². The highest BCUT2D eigenvalue weighted by molar-refractivity contribution is 5.91. The molecule has 0 saturated carbocycles. The van der Waals surface area contributed by atoms with Crippen LogP contribution in [0.15, 0.2) is 24.3 Å². The molecule has 2 aromatic rings. The summed E-state index contributed by atoms with van der Waals surface area (Å²) in [5, 5.41) is 3.79. The van der Waals surface area contributed by atoms with Crippen LogP contribution in [-0.4, -0.2) is 12.0 Å². The van der Waals surface area contributed by atoms with Crippen molar-refractivity contribution in [2.24, 2.45) is 0 Å². The molecule has 0 radical (unpaired) electrons. The average Bonchev–Trinajstić information content (AvgIpc) is 2.27. The molecular formula is C12H12F2N2. The molecule has 0 atom stereocenters. The molecule has 84 valence electrons. The highest BCUT2D eigenvalue weighted by atomic mass is 19.3. The smallest absolute Gasteiger partial charge is 0.280 e. The van der Waals surface area contributed by atoms with Gasteiger partial charge in [-0.25, -0.2) is 13.8 Å². The lowest BCUT2D eigenvalue weighted by Crippen LogP contribution is -1.97. The molecule has 16 heavy (non-hydrogen) atoms. The first-order valence-corrected chi connectivity index (χ1v) is 4.99. The standard InChI is InChI=1S/C12H12F2N2/c1-7-3-4-9-8(5-7)10(15-2)6-11(16-9)12(13)14/h3-6,12H,1-2H3,(H,15,16). The molecule has 0 fully saturated rings. The van der Waals surface area contributed by atoms with Gasteiger partial charge in [-0.05, 0) is 25.1 Å². The molecule has 2 nitrogen and oxygen atoms in total. The SMILES string of the molecule is CNc1cc(C(F)F)nc2ccc(C)cc12. The van der Waals surface area contributed by atoms with Crippen LogP contribution in [0.4, 0.5) is 14.5 Å². The minimum absolute atomic E-state index is 0.194. The Kier molecular flexibility index (Phi) is 2.73. The normalized spacial score (nSPS) is 11.1. The van der Waals surface area contributed by atoms with Crippen LogP contribution in [0.1, 0.15) is 17.7 Å². The first-order valence-electron chi connectivity index (χ1n) is 4.99. The van der Waals surface area contributed by atoms with E-state index in [9.17, 15) is 8.78 Å². The zero-order valence-corrected chi connectivity index (χ0v) is 9.09. The Morgan fingerprint density at radius 1 is 1.25 bits per heavy atom. The van der Waals surface area contributed by atoms with E-state index in [0.717, 1.165) is 10.9 Å². The van der Waals surface area contributed by atoms with Crippen LogP contribution >= 0.6 is 0 Å². The average molecular weight is 222 g/mol. The van der Waals surface area contributed by atoms with Crippen molar-refractivity contribution in [3.63, 3.8) is 0 Å². The number of aryl methyl sites for hydroxylation is 1. The van der Waals surface area contributed by atoms with Crippen LogP contribution in [-0.2, 0) is 0 Å². The third-order valence-corrected chi connectivity index (χ3v) is 2.48. The summed E-state index contributed by atoms with van der Waals surface area (Å²) in [5.41, 5.74) is 2.16. The summed E-state index contributed by atoms with van der Waals surface area (Å²) in [7, 11) is 1.71. The van der Waals surface area contributed by atoms with E-state index >= 15 is 0 Å². The molecule has 0 saturated heterocycles. The highest BCUT2D eigenvalue weighted by Crippen LogP contribution is 2.27. The number of halogens is 2. The van der Waals surface area contributed by atoms with Crippen LogP contribution in [0.25, 0.3) is 10.9 Å². The maximum Gasteiger partial charge on any atom is 0.280 e. The second-order valence-corrected chi connectivity index (χ2v) is 3.67. The topological polar surface area (TPSA) is 24.9 Å². The number of hydrogen-bond acceptors (Lipinski definition) is 2. The van der Waals surface area contributed by atoms with Gasteiger partial charge in [0.25, 0.3) is 6.43 Å². The number of fused-ring (bicyclic) bond motifs is 1. The number of anilines is 1. The van der Waals surface area contributed by atoms with Crippen molar-refractivity contribution >= 4 is 16.6 Å². The fourth-order valence-electron chi connectivity index (χ4n) is 1.68. The summed E-state index contributed by atoms with van der Waals surface area (Å²) in [6, 6.07) is 6.96. The van der Waals surface area contributed by atoms with Crippen LogP contribution in [0, 0.1) is 6.92 Å². The Morgan fingerprint density at radius 2 is 2.00 bits per heavy atom. The number of benzene rings is 1. The van der Waals surface area contributed by atoms with E-state index in [1.54, 1.807) is 13.1 Å². The van der Waals surface area contributed by atoms with Crippen molar-refractivity contribution in [2.75, 3.05) is 12.4 Å². The quantitative estimate of drug-likeness (QED) is 0.840. The zero-order chi connectivity index (χ0) is 11.7. The molecule has 1 heterocycles. The predicted octanol–water partition coefficient (Wildman–Crippen LogP) is 3.52. The van der Waals surface area contributed by atoms with Gasteiger partial charge in [0.2, 0.25) is 0 Å². The van der Waals surface area contributed by atoms with Crippen molar-refractivity contribution < 1.29 is 8.78 Å². The molecule has 0 amide bonds. The van der Waals surface area contributed by atoms with E-state index in [4.69, 9.17) is 0 Å². The molecule has 0 bridgehead atoms. The van der Waals surface area contributed by atoms with Gasteiger partial charge in [-0.2, -0.15) is 0 Å². The molecule has 0 aliphatic heterocycles. The third kappa shape index (κ3) is 1.83. The summed E-state index contributed by atoms with van der Waals surface area (Å²) in [6.45, 7) is 1.96. The lowest BCUT2D eigenvalue weighted by atomic mass is 10.1. The van der Waals surface area contributed by atoms with Gasteiger partial charge in [0.05, 0.1) is 5.52 Å². The van der Waals surface area contributed by atoms with Crippen molar-refractivity contribution in [3.8, 4) is 0 Å². The first-order chi connectivity index (χ1) is 7.61. The Balaban J connectivity index is 2.73. The van der Waals surface area contributed by atoms with Gasteiger partial charge in [-0.15, -0.1) is 0 Å². The largest absolute Gasteiger partial charge is 0.388 e. The summed E-state index contributed by atoms with van der Waals surface area (Å²) in [5.74, 6) is 0. The van der Waals surface area contributed by atoms with E-state index in [2.05, 4.69) is 10.3 Å². The number of aromatic nitrogens is 1. The van der Waals surface area contributed by atoms with Gasteiger partial charge in [-0.1, -0.05) is 11.6 Å². The molecule has 1 aromatic carbocycles. The lowest BCUT2D eigenvalue weighted by molar-refractivity contribution is 0.146. The summed E-state index contributed by atoms with van der Waals surface area (Å²) >= 11 is 0. The maximum atomic E-state index is 12.6. The number of pyridine rings is 1. The first kappa shape index (κ1) is 10.8. The third-order valence-electron chi connectivity index (χ3n) is 2.48. The van der Waals surface area contributed by atoms with E-state index in [1.165, 1.54) is 6.07 Å². The minimum atomic E-state index is -2.54. The number of alkyl halides is 2. The van der Waals surface area contributed by atoms with E-state index in [1.807, 2.05) is 19.1 Å². The molecule has 2 rings (SSSR count). The number of nitrogens with one attached hydrogen (secondary N) is 1. The highest BCUT2D eigenvalue weighted by Gasteiger charge is 2.12. The molecule has 0 unspecified atom stereocenters. The minimum Gasteiger partial charge on any atom is -0.388 e. The monoisotopic (exact) mass is 222 g/mol. The van der Waals surface area contributed by atoms with Crippen LogP contribution in [0.2, 0.25) is 0 Å². The second kappa shape index (κ2) is 4.04. The van der Waals surface area contributed by atoms with Crippen molar-refractivity contribution in [1.29, 1.82) is 0 Å². The van der Waals surface area contributed by atoms with E-state index < -0.39 is 6.43 Å². The van der Waals surface area contributed by atoms with Gasteiger partial charge in [0.1, 0.15) is 5.69 Å². The van der Waals surface area contributed by atoms with Gasteiger partial charge >= 0.3 is 0 Å². The lowest BCUT2D eigenvalue weighted by Gasteiger charge is -2.09. The van der Waals surface area contributed by atoms with Gasteiger partial charge in [-0.3, -0.25) is 0 Å². The predicted molar refractivity (Wildman–Crippen MR) is 61.0 cm³/mol. The van der Waals surface area contributed by atoms with Crippen LogP contribution < -0.4 is 5.32 Å². The van der Waals surface area contributed by atoms with Crippen molar-refractivity contribution in [2.45, 2.75) is 13.3 Å². The zero-order valence-electron chi connectivity index (χ0n) is 9.09. The molecule has 1 aromatic heterocycles. The molecule has 1 N–H and O–H groups in total. The molecular weight excluding hydrogens is 210 g/mol. The summed E-state index contributed by atoms with van der Waals surface area (Å²) < 4.78 is 25.2. The Labute approximate surface area is 92.3 Å². The molecule has 4 heteroatoms. The number of nitrogens with zero attached hydrogens (tertiary/aromatic N) is 1.